The van der Waals surface area contributed by atoms with E-state index in [-0.39, 0.29) is 0 Å². The smallest absolute Gasteiger partial charge is 0.146 e. The minimum atomic E-state index is 0.543. The maximum atomic E-state index is 9.26. The van der Waals surface area contributed by atoms with Crippen molar-refractivity contribution in [3.05, 3.63) is 38.4 Å². The Kier molecular flexibility index (Phi) is 4.22. The van der Waals surface area contributed by atoms with Gasteiger partial charge in [-0.15, -0.1) is 11.3 Å². The van der Waals surface area contributed by atoms with Gasteiger partial charge in [0.05, 0.1) is 10.6 Å². The number of nitrogens with zero attached hydrogens (tertiary/aromatic N) is 4. The van der Waals surface area contributed by atoms with E-state index in [1.54, 1.807) is 17.5 Å². The van der Waals surface area contributed by atoms with Gasteiger partial charge in [0, 0.05) is 40.8 Å². The Labute approximate surface area is 136 Å². The third-order valence-corrected chi connectivity index (χ3v) is 5.25. The molecule has 1 aliphatic heterocycles. The standard InChI is InChI=1S/C15H15BrN4S/c1-10-8-19-15(21-10)11-2-4-20(5-3-11)14-12(7-17)6-13(16)9-18-14/h6,8-9,11H,2-5H2,1H3. The van der Waals surface area contributed by atoms with Crippen LogP contribution < -0.4 is 4.90 Å². The summed E-state index contributed by atoms with van der Waals surface area (Å²) in [7, 11) is 0. The highest BCUT2D eigenvalue weighted by Gasteiger charge is 2.24. The number of aryl methyl sites for hydroxylation is 1. The molecule has 0 radical (unpaired) electrons. The minimum absolute atomic E-state index is 0.543. The van der Waals surface area contributed by atoms with Gasteiger partial charge in [-0.2, -0.15) is 5.26 Å². The van der Waals surface area contributed by atoms with Gasteiger partial charge in [-0.05, 0) is 41.8 Å². The summed E-state index contributed by atoms with van der Waals surface area (Å²) < 4.78 is 0.843. The first-order valence-corrected chi connectivity index (χ1v) is 8.51. The lowest BCUT2D eigenvalue weighted by atomic mass is 9.97. The summed E-state index contributed by atoms with van der Waals surface area (Å²) in [4.78, 5) is 12.4. The molecule has 0 atom stereocenters. The lowest BCUT2D eigenvalue weighted by Gasteiger charge is -2.32. The summed E-state index contributed by atoms with van der Waals surface area (Å²) in [6, 6.07) is 4.07. The van der Waals surface area contributed by atoms with E-state index in [0.717, 1.165) is 36.2 Å². The molecule has 0 amide bonds. The zero-order valence-electron chi connectivity index (χ0n) is 11.7. The van der Waals surface area contributed by atoms with Gasteiger partial charge in [0.25, 0.3) is 0 Å². The summed E-state index contributed by atoms with van der Waals surface area (Å²) in [6.45, 7) is 3.94. The van der Waals surface area contributed by atoms with Crippen molar-refractivity contribution in [3.8, 4) is 6.07 Å². The number of hydrogen-bond acceptors (Lipinski definition) is 5. The number of nitriles is 1. The van der Waals surface area contributed by atoms with Crippen LogP contribution in [0.2, 0.25) is 0 Å². The highest BCUT2D eigenvalue weighted by atomic mass is 79.9. The third kappa shape index (κ3) is 3.09. The number of halogens is 1. The largest absolute Gasteiger partial charge is 0.355 e. The number of piperidine rings is 1. The molecule has 1 aliphatic rings. The molecule has 0 aromatic carbocycles. The van der Waals surface area contributed by atoms with Crippen LogP contribution in [0.1, 0.15) is 34.2 Å². The Morgan fingerprint density at radius 3 is 2.71 bits per heavy atom. The van der Waals surface area contributed by atoms with Crippen LogP contribution in [0.3, 0.4) is 0 Å². The number of rotatable bonds is 2. The lowest BCUT2D eigenvalue weighted by molar-refractivity contribution is 0.501. The second kappa shape index (κ2) is 6.12. The average Bonchev–Trinajstić information content (AvgIpc) is 2.94. The van der Waals surface area contributed by atoms with Crippen LogP contribution in [0.5, 0.6) is 0 Å². The summed E-state index contributed by atoms with van der Waals surface area (Å²) in [5.41, 5.74) is 0.632. The highest BCUT2D eigenvalue weighted by molar-refractivity contribution is 9.10. The van der Waals surface area contributed by atoms with Crippen LogP contribution in [0, 0.1) is 18.3 Å². The van der Waals surface area contributed by atoms with Gasteiger partial charge in [-0.1, -0.05) is 0 Å². The molecule has 6 heteroatoms. The molecule has 0 N–H and O–H groups in total. The summed E-state index contributed by atoms with van der Waals surface area (Å²) >= 11 is 5.16. The second-order valence-electron chi connectivity index (χ2n) is 5.21. The molecule has 3 rings (SSSR count). The van der Waals surface area contributed by atoms with E-state index >= 15 is 0 Å². The van der Waals surface area contributed by atoms with E-state index in [9.17, 15) is 5.26 Å². The number of hydrogen-bond donors (Lipinski definition) is 0. The number of anilines is 1. The van der Waals surface area contributed by atoms with Crippen molar-refractivity contribution in [2.75, 3.05) is 18.0 Å². The van der Waals surface area contributed by atoms with E-state index < -0.39 is 0 Å². The molecule has 0 unspecified atom stereocenters. The van der Waals surface area contributed by atoms with Gasteiger partial charge in [-0.3, -0.25) is 0 Å². The number of aromatic nitrogens is 2. The van der Waals surface area contributed by atoms with Crippen LogP contribution in [-0.2, 0) is 0 Å². The molecular weight excluding hydrogens is 348 g/mol. The first-order valence-electron chi connectivity index (χ1n) is 6.90. The fraction of sp³-hybridized carbons (Fsp3) is 0.400. The van der Waals surface area contributed by atoms with E-state index in [1.165, 1.54) is 9.88 Å². The summed E-state index contributed by atoms with van der Waals surface area (Å²) in [5, 5.41) is 10.5. The predicted molar refractivity (Wildman–Crippen MR) is 87.7 cm³/mol. The van der Waals surface area contributed by atoms with Crippen molar-refractivity contribution in [1.82, 2.24) is 9.97 Å². The van der Waals surface area contributed by atoms with E-state index in [1.807, 2.05) is 12.3 Å². The maximum absolute atomic E-state index is 9.26. The fourth-order valence-corrected chi connectivity index (χ4v) is 3.94. The monoisotopic (exact) mass is 362 g/mol. The van der Waals surface area contributed by atoms with E-state index in [2.05, 4.69) is 43.8 Å². The van der Waals surface area contributed by atoms with Gasteiger partial charge in [0.1, 0.15) is 11.9 Å². The van der Waals surface area contributed by atoms with Gasteiger partial charge in [-0.25, -0.2) is 9.97 Å². The second-order valence-corrected chi connectivity index (χ2v) is 7.39. The van der Waals surface area contributed by atoms with Crippen molar-refractivity contribution in [2.45, 2.75) is 25.7 Å². The topological polar surface area (TPSA) is 52.8 Å². The molecule has 2 aromatic rings. The fourth-order valence-electron chi connectivity index (χ4n) is 2.67. The first-order chi connectivity index (χ1) is 10.2. The molecule has 0 aliphatic carbocycles. The van der Waals surface area contributed by atoms with Crippen LogP contribution >= 0.6 is 27.3 Å². The molecule has 3 heterocycles. The number of thiazole rings is 1. The van der Waals surface area contributed by atoms with Gasteiger partial charge in [0.15, 0.2) is 0 Å². The molecule has 1 saturated heterocycles. The Morgan fingerprint density at radius 1 is 1.33 bits per heavy atom. The quantitative estimate of drug-likeness (QED) is 0.813. The van der Waals surface area contributed by atoms with Crippen LogP contribution in [0.4, 0.5) is 5.82 Å². The molecule has 1 fully saturated rings. The molecule has 2 aromatic heterocycles. The first kappa shape index (κ1) is 14.5. The van der Waals surface area contributed by atoms with Crippen LogP contribution in [0.25, 0.3) is 0 Å². The van der Waals surface area contributed by atoms with Crippen LogP contribution in [-0.4, -0.2) is 23.1 Å². The molecule has 0 bridgehead atoms. The third-order valence-electron chi connectivity index (χ3n) is 3.74. The van der Waals surface area contributed by atoms with Gasteiger partial charge in [0.2, 0.25) is 0 Å². The van der Waals surface area contributed by atoms with Crippen molar-refractivity contribution < 1.29 is 0 Å². The average molecular weight is 363 g/mol. The zero-order chi connectivity index (χ0) is 14.8. The van der Waals surface area contributed by atoms with Gasteiger partial charge < -0.3 is 4.90 Å². The minimum Gasteiger partial charge on any atom is -0.355 e. The number of pyridine rings is 1. The normalized spacial score (nSPS) is 16.0. The van der Waals surface area contributed by atoms with Gasteiger partial charge >= 0.3 is 0 Å². The maximum Gasteiger partial charge on any atom is 0.146 e. The predicted octanol–water partition coefficient (Wildman–Crippen LogP) is 3.86. The van der Waals surface area contributed by atoms with E-state index in [4.69, 9.17) is 0 Å². The molecule has 108 valence electrons. The molecule has 0 saturated carbocycles. The van der Waals surface area contributed by atoms with Crippen molar-refractivity contribution in [2.24, 2.45) is 0 Å². The van der Waals surface area contributed by atoms with Crippen LogP contribution in [0.15, 0.2) is 22.9 Å². The van der Waals surface area contributed by atoms with Crippen molar-refractivity contribution >= 4 is 33.1 Å². The Bertz CT molecular complexity index is 683. The molecule has 0 spiro atoms. The molecule has 21 heavy (non-hydrogen) atoms. The molecular formula is C15H15BrN4S. The highest BCUT2D eigenvalue weighted by Crippen LogP contribution is 2.33. The zero-order valence-corrected chi connectivity index (χ0v) is 14.1. The lowest BCUT2D eigenvalue weighted by Crippen LogP contribution is -2.34. The SMILES string of the molecule is Cc1cnc(C2CCN(c3ncc(Br)cc3C#N)CC2)s1. The van der Waals surface area contributed by atoms with Crippen molar-refractivity contribution in [3.63, 3.8) is 0 Å². The Hall–Kier alpha value is -1.45. The Balaban J connectivity index is 1.73. The van der Waals surface area contributed by atoms with Crippen molar-refractivity contribution in [1.29, 1.82) is 5.26 Å². The Morgan fingerprint density at radius 2 is 2.10 bits per heavy atom. The molecule has 4 nitrogen and oxygen atoms in total. The summed E-state index contributed by atoms with van der Waals surface area (Å²) in [6.07, 6.45) is 5.84. The summed E-state index contributed by atoms with van der Waals surface area (Å²) in [5.74, 6) is 1.34. The van der Waals surface area contributed by atoms with E-state index in [0.29, 0.717) is 11.5 Å².